The Morgan fingerprint density at radius 3 is 1.91 bits per heavy atom. The minimum absolute atomic E-state index is 0.0960. The van der Waals surface area contributed by atoms with E-state index in [1.807, 2.05) is 48.5 Å². The molecule has 2 aromatic carbocycles. The minimum atomic E-state index is 0.0960. The summed E-state index contributed by atoms with van der Waals surface area (Å²) in [6.07, 6.45) is 0. The Hall–Kier alpha value is -2.09. The van der Waals surface area contributed by atoms with Gasteiger partial charge < -0.3 is 4.90 Å². The van der Waals surface area contributed by atoms with Gasteiger partial charge in [0, 0.05) is 29.9 Å². The summed E-state index contributed by atoms with van der Waals surface area (Å²) in [4.78, 5) is 15.3. The van der Waals surface area contributed by atoms with Crippen LogP contribution in [0.4, 0.5) is 5.69 Å². The molecule has 0 amide bonds. The van der Waals surface area contributed by atoms with E-state index >= 15 is 0 Å². The fraction of sp³-hybridized carbons (Fsp3) is 0.381. The summed E-state index contributed by atoms with van der Waals surface area (Å²) in [5, 5.41) is 0. The van der Waals surface area contributed by atoms with E-state index in [2.05, 4.69) is 38.7 Å². The molecule has 0 unspecified atom stereocenters. The SMILES string of the molecule is CC(C)CN(CC(C)C)c1ccccc1C(=O)c1ccccc1. The van der Waals surface area contributed by atoms with E-state index in [0.717, 1.165) is 29.9 Å². The van der Waals surface area contributed by atoms with E-state index in [1.54, 1.807) is 0 Å². The van der Waals surface area contributed by atoms with Crippen molar-refractivity contribution in [3.63, 3.8) is 0 Å². The van der Waals surface area contributed by atoms with Crippen molar-refractivity contribution in [1.82, 2.24) is 0 Å². The zero-order valence-corrected chi connectivity index (χ0v) is 14.6. The van der Waals surface area contributed by atoms with E-state index in [1.165, 1.54) is 0 Å². The van der Waals surface area contributed by atoms with Gasteiger partial charge in [0.2, 0.25) is 0 Å². The maximum absolute atomic E-state index is 12.9. The Morgan fingerprint density at radius 1 is 0.826 bits per heavy atom. The van der Waals surface area contributed by atoms with Crippen LogP contribution < -0.4 is 4.90 Å². The average Bonchev–Trinajstić information content (AvgIpc) is 2.53. The summed E-state index contributed by atoms with van der Waals surface area (Å²) in [7, 11) is 0. The first kappa shape index (κ1) is 17.3. The largest absolute Gasteiger partial charge is 0.370 e. The van der Waals surface area contributed by atoms with Crippen molar-refractivity contribution in [3.8, 4) is 0 Å². The summed E-state index contributed by atoms with van der Waals surface area (Å²) in [6, 6.07) is 17.5. The number of carbonyl (C=O) groups is 1. The van der Waals surface area contributed by atoms with Crippen molar-refractivity contribution in [2.45, 2.75) is 27.7 Å². The Balaban J connectivity index is 2.40. The summed E-state index contributed by atoms with van der Waals surface area (Å²) in [5.74, 6) is 1.20. The maximum atomic E-state index is 12.9. The third kappa shape index (κ3) is 4.69. The molecule has 0 aliphatic rings. The van der Waals surface area contributed by atoms with Crippen LogP contribution >= 0.6 is 0 Å². The highest BCUT2D eigenvalue weighted by molar-refractivity contribution is 6.12. The van der Waals surface area contributed by atoms with Gasteiger partial charge in [-0.15, -0.1) is 0 Å². The van der Waals surface area contributed by atoms with Crippen LogP contribution in [0.3, 0.4) is 0 Å². The Morgan fingerprint density at radius 2 is 1.35 bits per heavy atom. The molecule has 0 heterocycles. The molecule has 2 nitrogen and oxygen atoms in total. The highest BCUT2D eigenvalue weighted by Crippen LogP contribution is 2.25. The van der Waals surface area contributed by atoms with Gasteiger partial charge in [-0.3, -0.25) is 4.79 Å². The maximum Gasteiger partial charge on any atom is 0.195 e. The molecule has 2 rings (SSSR count). The number of rotatable bonds is 7. The summed E-state index contributed by atoms with van der Waals surface area (Å²) in [5.41, 5.74) is 2.58. The first-order valence-electron chi connectivity index (χ1n) is 8.42. The van der Waals surface area contributed by atoms with Crippen LogP contribution in [0.15, 0.2) is 54.6 Å². The second-order valence-corrected chi connectivity index (χ2v) is 6.90. The predicted molar refractivity (Wildman–Crippen MR) is 98.2 cm³/mol. The number of ketones is 1. The van der Waals surface area contributed by atoms with Crippen molar-refractivity contribution in [2.24, 2.45) is 11.8 Å². The van der Waals surface area contributed by atoms with Crippen molar-refractivity contribution < 1.29 is 4.79 Å². The third-order valence-electron chi connectivity index (χ3n) is 3.70. The van der Waals surface area contributed by atoms with E-state index in [0.29, 0.717) is 11.8 Å². The summed E-state index contributed by atoms with van der Waals surface area (Å²) in [6.45, 7) is 10.8. The molecular formula is C21H27NO. The van der Waals surface area contributed by atoms with Crippen molar-refractivity contribution in [2.75, 3.05) is 18.0 Å². The molecule has 0 spiro atoms. The number of benzene rings is 2. The molecular weight excluding hydrogens is 282 g/mol. The zero-order valence-electron chi connectivity index (χ0n) is 14.6. The van der Waals surface area contributed by atoms with Gasteiger partial charge in [-0.25, -0.2) is 0 Å². The number of para-hydroxylation sites is 1. The molecule has 0 fully saturated rings. The number of carbonyl (C=O) groups excluding carboxylic acids is 1. The highest BCUT2D eigenvalue weighted by atomic mass is 16.1. The zero-order chi connectivity index (χ0) is 16.8. The molecule has 0 bridgehead atoms. The normalized spacial score (nSPS) is 11.0. The molecule has 0 radical (unpaired) electrons. The van der Waals surface area contributed by atoms with Crippen LogP contribution in [0.2, 0.25) is 0 Å². The van der Waals surface area contributed by atoms with Gasteiger partial charge in [0.1, 0.15) is 0 Å². The molecule has 0 aromatic heterocycles. The summed E-state index contributed by atoms with van der Waals surface area (Å²) < 4.78 is 0. The highest BCUT2D eigenvalue weighted by Gasteiger charge is 2.18. The molecule has 2 aromatic rings. The lowest BCUT2D eigenvalue weighted by atomic mass is 10.00. The predicted octanol–water partition coefficient (Wildman–Crippen LogP) is 5.04. The second-order valence-electron chi connectivity index (χ2n) is 6.90. The number of hydrogen-bond acceptors (Lipinski definition) is 2. The molecule has 0 saturated carbocycles. The Bertz CT molecular complexity index is 621. The van der Waals surface area contributed by atoms with Gasteiger partial charge >= 0.3 is 0 Å². The lowest BCUT2D eigenvalue weighted by molar-refractivity contribution is 0.103. The topological polar surface area (TPSA) is 20.3 Å². The smallest absolute Gasteiger partial charge is 0.195 e. The minimum Gasteiger partial charge on any atom is -0.370 e. The van der Waals surface area contributed by atoms with Gasteiger partial charge in [0.25, 0.3) is 0 Å². The second kappa shape index (κ2) is 7.96. The standard InChI is InChI=1S/C21H27NO/c1-16(2)14-22(15-17(3)4)20-13-9-8-12-19(20)21(23)18-10-6-5-7-11-18/h5-13,16-17H,14-15H2,1-4H3. The van der Waals surface area contributed by atoms with Crippen LogP contribution in [0.1, 0.15) is 43.6 Å². The fourth-order valence-electron chi connectivity index (χ4n) is 2.84. The quantitative estimate of drug-likeness (QED) is 0.668. The van der Waals surface area contributed by atoms with Gasteiger partial charge in [-0.2, -0.15) is 0 Å². The van der Waals surface area contributed by atoms with Crippen LogP contribution in [-0.4, -0.2) is 18.9 Å². The van der Waals surface area contributed by atoms with Crippen LogP contribution in [0.25, 0.3) is 0 Å². The molecule has 23 heavy (non-hydrogen) atoms. The average molecular weight is 309 g/mol. The van der Waals surface area contributed by atoms with E-state index in [-0.39, 0.29) is 5.78 Å². The van der Waals surface area contributed by atoms with Gasteiger partial charge in [0.05, 0.1) is 0 Å². The number of hydrogen-bond donors (Lipinski definition) is 0. The van der Waals surface area contributed by atoms with E-state index in [4.69, 9.17) is 0 Å². The lowest BCUT2D eigenvalue weighted by Crippen LogP contribution is -2.32. The molecule has 0 aliphatic heterocycles. The third-order valence-corrected chi connectivity index (χ3v) is 3.70. The number of anilines is 1. The van der Waals surface area contributed by atoms with E-state index in [9.17, 15) is 4.79 Å². The monoisotopic (exact) mass is 309 g/mol. The molecule has 2 heteroatoms. The molecule has 122 valence electrons. The van der Waals surface area contributed by atoms with E-state index < -0.39 is 0 Å². The first-order valence-corrected chi connectivity index (χ1v) is 8.42. The van der Waals surface area contributed by atoms with Crippen molar-refractivity contribution in [3.05, 3.63) is 65.7 Å². The molecule has 0 atom stereocenters. The lowest BCUT2D eigenvalue weighted by Gasteiger charge is -2.30. The van der Waals surface area contributed by atoms with Crippen molar-refractivity contribution >= 4 is 11.5 Å². The summed E-state index contributed by atoms with van der Waals surface area (Å²) >= 11 is 0. The van der Waals surface area contributed by atoms with Crippen LogP contribution in [0.5, 0.6) is 0 Å². The van der Waals surface area contributed by atoms with Crippen LogP contribution in [-0.2, 0) is 0 Å². The van der Waals surface area contributed by atoms with Gasteiger partial charge in [-0.05, 0) is 24.0 Å². The first-order chi connectivity index (χ1) is 11.0. The molecule has 0 aliphatic carbocycles. The van der Waals surface area contributed by atoms with Gasteiger partial charge in [0.15, 0.2) is 5.78 Å². The molecule has 0 N–H and O–H groups in total. The fourth-order valence-corrected chi connectivity index (χ4v) is 2.84. The number of nitrogens with zero attached hydrogens (tertiary/aromatic N) is 1. The van der Waals surface area contributed by atoms with Crippen molar-refractivity contribution in [1.29, 1.82) is 0 Å². The Kier molecular flexibility index (Phi) is 5.97. The molecule has 0 saturated heterocycles. The Labute approximate surface area is 140 Å². The van der Waals surface area contributed by atoms with Gasteiger partial charge in [-0.1, -0.05) is 70.2 Å². The van der Waals surface area contributed by atoms with Crippen LogP contribution in [0, 0.1) is 11.8 Å².